The fourth-order valence-corrected chi connectivity index (χ4v) is 2.20. The topological polar surface area (TPSA) is 48.2 Å². The maximum Gasteiger partial charge on any atom is 0.194 e. The Morgan fingerprint density at radius 1 is 1.50 bits per heavy atom. The van der Waals surface area contributed by atoms with E-state index in [0.717, 1.165) is 36.0 Å². The lowest BCUT2D eigenvalue weighted by molar-refractivity contribution is 0.151. The van der Waals surface area contributed by atoms with Gasteiger partial charge in [0.1, 0.15) is 4.62 Å². The van der Waals surface area contributed by atoms with Crippen LogP contribution in [-0.4, -0.2) is 33.6 Å². The van der Waals surface area contributed by atoms with Crippen molar-refractivity contribution in [3.05, 3.63) is 29.8 Å². The normalized spacial score (nSPS) is 23.3. The first-order chi connectivity index (χ1) is 8.65. The second kappa shape index (κ2) is 6.14. The van der Waals surface area contributed by atoms with Gasteiger partial charge in [0, 0.05) is 12.8 Å². The van der Waals surface area contributed by atoms with Crippen molar-refractivity contribution in [2.45, 2.75) is 31.8 Å². The molecule has 1 heterocycles. The van der Waals surface area contributed by atoms with Gasteiger partial charge in [-0.1, -0.05) is 11.8 Å². The van der Waals surface area contributed by atoms with Gasteiger partial charge in [0.05, 0.1) is 6.10 Å². The van der Waals surface area contributed by atoms with Gasteiger partial charge in [-0.3, -0.25) is 0 Å². The summed E-state index contributed by atoms with van der Waals surface area (Å²) < 4.78 is 0.755. The van der Waals surface area contributed by atoms with Crippen LogP contribution in [0.2, 0.25) is 0 Å². The number of nitrogens with zero attached hydrogens (tertiary/aromatic N) is 3. The van der Waals surface area contributed by atoms with Crippen LogP contribution in [0.5, 0.6) is 0 Å². The van der Waals surface area contributed by atoms with Gasteiger partial charge in [0.2, 0.25) is 0 Å². The summed E-state index contributed by atoms with van der Waals surface area (Å²) in [4.78, 5) is 4.35. The van der Waals surface area contributed by atoms with Gasteiger partial charge >= 0.3 is 0 Å². The van der Waals surface area contributed by atoms with Crippen LogP contribution in [-0.2, 0) is 0 Å². The maximum atomic E-state index is 9.45. The Hall–Kier alpha value is -1.16. The molecule has 0 saturated heterocycles. The third-order valence-corrected chi connectivity index (χ3v) is 3.33. The summed E-state index contributed by atoms with van der Waals surface area (Å²) in [6.45, 7) is 0. The Bertz CT molecular complexity index is 463. The predicted molar refractivity (Wildman–Crippen MR) is 76.8 cm³/mol. The molecule has 96 valence electrons. The number of aliphatic imine (C=N–C) groups is 1. The molecule has 1 N–H and O–H groups in total. The molecule has 0 bridgehead atoms. The Balaban J connectivity index is 2.08. The third kappa shape index (κ3) is 3.67. The molecule has 0 amide bonds. The zero-order valence-electron chi connectivity index (χ0n) is 10.3. The van der Waals surface area contributed by atoms with Crippen molar-refractivity contribution >= 4 is 26.3 Å². The number of allylic oxidation sites excluding steroid dienone is 3. The summed E-state index contributed by atoms with van der Waals surface area (Å²) in [5.74, 6) is 0.672. The summed E-state index contributed by atoms with van der Waals surface area (Å²) >= 11 is 3.35. The first-order valence-electron chi connectivity index (χ1n) is 6.01. The van der Waals surface area contributed by atoms with Crippen LogP contribution < -0.4 is 0 Å². The van der Waals surface area contributed by atoms with E-state index in [2.05, 4.69) is 31.8 Å². The SMILES string of the molecule is CN(N=C1CCC(O)CC1)C1=C=CC=CC(Br)=N1. The van der Waals surface area contributed by atoms with Crippen LogP contribution in [0.1, 0.15) is 25.7 Å². The van der Waals surface area contributed by atoms with Crippen molar-refractivity contribution in [1.82, 2.24) is 5.01 Å². The molecule has 1 saturated carbocycles. The van der Waals surface area contributed by atoms with Gasteiger partial charge in [-0.15, -0.1) is 0 Å². The monoisotopic (exact) mass is 309 g/mol. The van der Waals surface area contributed by atoms with E-state index >= 15 is 0 Å². The van der Waals surface area contributed by atoms with E-state index in [9.17, 15) is 5.11 Å². The molecule has 1 aliphatic heterocycles. The van der Waals surface area contributed by atoms with Crippen LogP contribution in [0.3, 0.4) is 0 Å². The molecule has 4 nitrogen and oxygen atoms in total. The highest BCUT2D eigenvalue weighted by Gasteiger charge is 2.16. The predicted octanol–water partition coefficient (Wildman–Crippen LogP) is 2.57. The molecule has 2 rings (SSSR count). The highest BCUT2D eigenvalue weighted by molar-refractivity contribution is 9.18. The maximum absolute atomic E-state index is 9.45. The molecular weight excluding hydrogens is 294 g/mol. The zero-order chi connectivity index (χ0) is 13.0. The van der Waals surface area contributed by atoms with E-state index in [-0.39, 0.29) is 6.10 Å². The van der Waals surface area contributed by atoms with Crippen LogP contribution in [0.15, 0.2) is 39.9 Å². The van der Waals surface area contributed by atoms with Crippen molar-refractivity contribution in [2.75, 3.05) is 7.05 Å². The summed E-state index contributed by atoms with van der Waals surface area (Å²) in [6, 6.07) is 0. The Kier molecular flexibility index (Phi) is 4.53. The number of halogens is 1. The fraction of sp³-hybridized carbons (Fsp3) is 0.462. The number of hydrogen-bond donors (Lipinski definition) is 1. The molecule has 0 radical (unpaired) electrons. The summed E-state index contributed by atoms with van der Waals surface area (Å²) in [5.41, 5.74) is 4.18. The zero-order valence-corrected chi connectivity index (χ0v) is 11.9. The molecule has 0 aromatic heterocycles. The van der Waals surface area contributed by atoms with Gasteiger partial charge in [-0.25, -0.2) is 10.0 Å². The smallest absolute Gasteiger partial charge is 0.194 e. The molecule has 1 aliphatic carbocycles. The van der Waals surface area contributed by atoms with Crippen molar-refractivity contribution in [2.24, 2.45) is 10.1 Å². The number of aliphatic hydroxyl groups excluding tert-OH is 1. The lowest BCUT2D eigenvalue weighted by Gasteiger charge is -2.20. The van der Waals surface area contributed by atoms with Crippen LogP contribution in [0.4, 0.5) is 0 Å². The molecule has 0 aromatic carbocycles. The Morgan fingerprint density at radius 2 is 2.22 bits per heavy atom. The molecule has 5 heteroatoms. The van der Waals surface area contributed by atoms with Gasteiger partial charge in [0.25, 0.3) is 0 Å². The number of hydrazone groups is 1. The lowest BCUT2D eigenvalue weighted by atomic mass is 9.96. The van der Waals surface area contributed by atoms with E-state index in [0.29, 0.717) is 5.82 Å². The highest BCUT2D eigenvalue weighted by atomic mass is 79.9. The largest absolute Gasteiger partial charge is 0.393 e. The molecule has 0 spiro atoms. The van der Waals surface area contributed by atoms with E-state index in [1.54, 1.807) is 5.01 Å². The third-order valence-electron chi connectivity index (χ3n) is 2.89. The summed E-state index contributed by atoms with van der Waals surface area (Å²) in [5, 5.41) is 15.7. The standard InChI is InChI=1S/C13H16BrN3O/c1-17(13-5-3-2-4-12(14)15-13)16-10-6-8-11(18)9-7-10/h2-4,11,18H,6-9H2,1H3. The average Bonchev–Trinajstić information content (AvgIpc) is 2.57. The van der Waals surface area contributed by atoms with E-state index in [1.807, 2.05) is 25.3 Å². The minimum Gasteiger partial charge on any atom is -0.393 e. The molecule has 18 heavy (non-hydrogen) atoms. The van der Waals surface area contributed by atoms with E-state index < -0.39 is 0 Å². The molecular formula is C13H16BrN3O. The molecule has 0 aromatic rings. The van der Waals surface area contributed by atoms with Crippen LogP contribution in [0, 0.1) is 0 Å². The molecule has 0 atom stereocenters. The number of hydrogen-bond acceptors (Lipinski definition) is 4. The minimum atomic E-state index is -0.164. The number of rotatable bonds is 2. The van der Waals surface area contributed by atoms with Crippen LogP contribution >= 0.6 is 15.9 Å². The Labute approximate surface area is 115 Å². The summed E-state index contributed by atoms with van der Waals surface area (Å²) in [6.07, 6.45) is 8.69. The second-order valence-electron chi connectivity index (χ2n) is 4.35. The van der Waals surface area contributed by atoms with Crippen molar-refractivity contribution < 1.29 is 5.11 Å². The van der Waals surface area contributed by atoms with Crippen LogP contribution in [0.25, 0.3) is 0 Å². The summed E-state index contributed by atoms with van der Waals surface area (Å²) in [7, 11) is 1.86. The van der Waals surface area contributed by atoms with Gasteiger partial charge in [-0.05, 0) is 53.8 Å². The lowest BCUT2D eigenvalue weighted by Crippen LogP contribution is -2.21. The van der Waals surface area contributed by atoms with E-state index in [4.69, 9.17) is 0 Å². The van der Waals surface area contributed by atoms with Gasteiger partial charge in [-0.2, -0.15) is 5.10 Å². The minimum absolute atomic E-state index is 0.164. The average molecular weight is 310 g/mol. The van der Waals surface area contributed by atoms with E-state index in [1.165, 1.54) is 0 Å². The Morgan fingerprint density at radius 3 is 2.94 bits per heavy atom. The number of aliphatic hydroxyl groups is 1. The molecule has 0 unspecified atom stereocenters. The van der Waals surface area contributed by atoms with Gasteiger partial charge < -0.3 is 5.11 Å². The highest BCUT2D eigenvalue weighted by Crippen LogP contribution is 2.17. The second-order valence-corrected chi connectivity index (χ2v) is 5.16. The first kappa shape index (κ1) is 13.3. The quantitative estimate of drug-likeness (QED) is 0.629. The molecule has 1 fully saturated rings. The fourth-order valence-electron chi connectivity index (χ4n) is 1.88. The molecule has 2 aliphatic rings. The first-order valence-corrected chi connectivity index (χ1v) is 6.80. The van der Waals surface area contributed by atoms with Crippen molar-refractivity contribution in [1.29, 1.82) is 0 Å². The van der Waals surface area contributed by atoms with Gasteiger partial charge in [0.15, 0.2) is 5.82 Å². The van der Waals surface area contributed by atoms with Crippen molar-refractivity contribution in [3.8, 4) is 0 Å². The van der Waals surface area contributed by atoms with Crippen molar-refractivity contribution in [3.63, 3.8) is 0 Å².